The molecule has 160 valence electrons. The van der Waals surface area contributed by atoms with Crippen LogP contribution < -0.4 is 10.1 Å². The molecule has 30 heavy (non-hydrogen) atoms. The first-order valence-corrected chi connectivity index (χ1v) is 10.1. The molecular formula is C22H27N3O5. The highest BCUT2D eigenvalue weighted by molar-refractivity contribution is 5.95. The van der Waals surface area contributed by atoms with Crippen molar-refractivity contribution in [2.45, 2.75) is 19.8 Å². The number of furan rings is 1. The number of piperidine rings is 1. The van der Waals surface area contributed by atoms with Crippen LogP contribution in [0.15, 0.2) is 47.3 Å². The van der Waals surface area contributed by atoms with Crippen molar-refractivity contribution in [3.05, 3.63) is 48.4 Å². The normalized spacial score (nSPS) is 14.3. The Morgan fingerprint density at radius 1 is 1.23 bits per heavy atom. The van der Waals surface area contributed by atoms with E-state index in [1.807, 2.05) is 6.92 Å². The van der Waals surface area contributed by atoms with Gasteiger partial charge in [0, 0.05) is 37.3 Å². The predicted molar refractivity (Wildman–Crippen MR) is 111 cm³/mol. The summed E-state index contributed by atoms with van der Waals surface area (Å²) in [6.07, 6.45) is 4.06. The molecule has 3 rings (SSSR count). The van der Waals surface area contributed by atoms with Gasteiger partial charge in [-0.25, -0.2) is 0 Å². The minimum absolute atomic E-state index is 0.0132. The maximum atomic E-state index is 12.9. The Bertz CT molecular complexity index is 873. The van der Waals surface area contributed by atoms with E-state index in [4.69, 9.17) is 9.15 Å². The average Bonchev–Trinajstić information content (AvgIpc) is 3.31. The van der Waals surface area contributed by atoms with Crippen molar-refractivity contribution in [3.8, 4) is 5.75 Å². The van der Waals surface area contributed by atoms with Crippen molar-refractivity contribution in [2.75, 3.05) is 38.6 Å². The summed E-state index contributed by atoms with van der Waals surface area (Å²) in [6.45, 7) is 3.30. The average molecular weight is 413 g/mol. The van der Waals surface area contributed by atoms with Gasteiger partial charge in [0.25, 0.3) is 5.91 Å². The van der Waals surface area contributed by atoms with Crippen molar-refractivity contribution >= 4 is 23.4 Å². The van der Waals surface area contributed by atoms with E-state index in [1.165, 1.54) is 12.5 Å². The number of benzene rings is 1. The molecule has 2 heterocycles. The molecule has 1 aromatic carbocycles. The highest BCUT2D eigenvalue weighted by Crippen LogP contribution is 2.22. The zero-order valence-corrected chi connectivity index (χ0v) is 17.3. The number of amides is 3. The molecule has 0 aliphatic carbocycles. The zero-order chi connectivity index (χ0) is 21.5. The van der Waals surface area contributed by atoms with Crippen molar-refractivity contribution in [3.63, 3.8) is 0 Å². The Morgan fingerprint density at radius 3 is 2.63 bits per heavy atom. The molecule has 0 saturated carbocycles. The molecule has 3 amide bonds. The van der Waals surface area contributed by atoms with Gasteiger partial charge in [0.2, 0.25) is 11.8 Å². The maximum absolute atomic E-state index is 12.9. The number of carbonyl (C=O) groups is 3. The minimum Gasteiger partial charge on any atom is -0.497 e. The predicted octanol–water partition coefficient (Wildman–Crippen LogP) is 2.63. The van der Waals surface area contributed by atoms with Gasteiger partial charge >= 0.3 is 0 Å². The summed E-state index contributed by atoms with van der Waals surface area (Å²) in [7, 11) is 1.56. The molecule has 1 aliphatic rings. The van der Waals surface area contributed by atoms with E-state index >= 15 is 0 Å². The van der Waals surface area contributed by atoms with Crippen LogP contribution in [0.2, 0.25) is 0 Å². The Labute approximate surface area is 175 Å². The van der Waals surface area contributed by atoms with E-state index < -0.39 is 0 Å². The van der Waals surface area contributed by atoms with E-state index in [2.05, 4.69) is 5.32 Å². The number of hydrogen-bond donors (Lipinski definition) is 1. The van der Waals surface area contributed by atoms with Gasteiger partial charge < -0.3 is 24.3 Å². The molecule has 1 fully saturated rings. The monoisotopic (exact) mass is 413 g/mol. The third-order valence-electron chi connectivity index (χ3n) is 5.28. The van der Waals surface area contributed by atoms with E-state index in [-0.39, 0.29) is 30.2 Å². The summed E-state index contributed by atoms with van der Waals surface area (Å²) in [4.78, 5) is 41.1. The highest BCUT2D eigenvalue weighted by Gasteiger charge is 2.31. The Morgan fingerprint density at radius 2 is 2.00 bits per heavy atom. The van der Waals surface area contributed by atoms with Gasteiger partial charge in [0.05, 0.1) is 25.5 Å². The van der Waals surface area contributed by atoms with Gasteiger partial charge in [-0.15, -0.1) is 0 Å². The Kier molecular flexibility index (Phi) is 7.11. The molecule has 1 aromatic heterocycles. The Hall–Kier alpha value is -3.29. The van der Waals surface area contributed by atoms with Crippen LogP contribution in [0.3, 0.4) is 0 Å². The number of hydrogen-bond acceptors (Lipinski definition) is 5. The third kappa shape index (κ3) is 5.20. The van der Waals surface area contributed by atoms with Gasteiger partial charge in [-0.1, -0.05) is 6.07 Å². The second kappa shape index (κ2) is 9.96. The van der Waals surface area contributed by atoms with E-state index in [0.717, 1.165) is 0 Å². The van der Waals surface area contributed by atoms with Gasteiger partial charge in [0.1, 0.15) is 12.0 Å². The maximum Gasteiger partial charge on any atom is 0.257 e. The molecule has 8 heteroatoms. The summed E-state index contributed by atoms with van der Waals surface area (Å²) >= 11 is 0. The number of methoxy groups -OCH3 is 1. The number of anilines is 1. The highest BCUT2D eigenvalue weighted by atomic mass is 16.5. The van der Waals surface area contributed by atoms with Crippen LogP contribution in [0.4, 0.5) is 5.69 Å². The molecular weight excluding hydrogens is 386 g/mol. The van der Waals surface area contributed by atoms with Crippen molar-refractivity contribution in [1.29, 1.82) is 0 Å². The molecule has 0 radical (unpaired) electrons. The molecule has 0 atom stereocenters. The number of likely N-dealkylation sites (tertiary alicyclic amines) is 1. The molecule has 1 aliphatic heterocycles. The molecule has 1 saturated heterocycles. The molecule has 0 unspecified atom stereocenters. The van der Waals surface area contributed by atoms with Crippen LogP contribution >= 0.6 is 0 Å². The van der Waals surface area contributed by atoms with E-state index in [1.54, 1.807) is 47.2 Å². The lowest BCUT2D eigenvalue weighted by molar-refractivity contribution is -0.139. The quantitative estimate of drug-likeness (QED) is 0.753. The van der Waals surface area contributed by atoms with Gasteiger partial charge in [-0.3, -0.25) is 14.4 Å². The lowest BCUT2D eigenvalue weighted by Gasteiger charge is -2.33. The SMILES string of the molecule is CCN(CC(=O)Nc1cccc(OC)c1)C(=O)C1CCN(C(=O)c2ccoc2)CC1. The summed E-state index contributed by atoms with van der Waals surface area (Å²) in [6, 6.07) is 8.71. The lowest BCUT2D eigenvalue weighted by atomic mass is 9.95. The summed E-state index contributed by atoms with van der Waals surface area (Å²) in [5, 5.41) is 2.80. The smallest absolute Gasteiger partial charge is 0.257 e. The first kappa shape index (κ1) is 21.4. The topological polar surface area (TPSA) is 92.1 Å². The number of nitrogens with one attached hydrogen (secondary N) is 1. The third-order valence-corrected chi connectivity index (χ3v) is 5.28. The molecule has 0 spiro atoms. The molecule has 1 N–H and O–H groups in total. The van der Waals surface area contributed by atoms with Crippen LogP contribution in [0, 0.1) is 5.92 Å². The van der Waals surface area contributed by atoms with Crippen LogP contribution in [-0.2, 0) is 9.59 Å². The fourth-order valence-electron chi connectivity index (χ4n) is 3.58. The Balaban J connectivity index is 1.52. The zero-order valence-electron chi connectivity index (χ0n) is 17.3. The number of rotatable bonds is 7. The number of carbonyl (C=O) groups excluding carboxylic acids is 3. The fraction of sp³-hybridized carbons (Fsp3) is 0.409. The number of ether oxygens (including phenoxy) is 1. The first-order chi connectivity index (χ1) is 14.5. The standard InChI is InChI=1S/C22H27N3O5/c1-3-24(14-20(26)23-18-5-4-6-19(13-18)29-2)21(27)16-7-10-25(11-8-16)22(28)17-9-12-30-15-17/h4-6,9,12-13,15-16H,3,7-8,10-11,14H2,1-2H3,(H,23,26). The molecule has 0 bridgehead atoms. The summed E-state index contributed by atoms with van der Waals surface area (Å²) in [5.74, 6) is 0.0651. The van der Waals surface area contributed by atoms with E-state index in [0.29, 0.717) is 49.5 Å². The fourth-order valence-corrected chi connectivity index (χ4v) is 3.58. The van der Waals surface area contributed by atoms with Crippen LogP contribution in [0.1, 0.15) is 30.1 Å². The second-order valence-electron chi connectivity index (χ2n) is 7.21. The summed E-state index contributed by atoms with van der Waals surface area (Å²) in [5.41, 5.74) is 1.14. The first-order valence-electron chi connectivity index (χ1n) is 10.1. The van der Waals surface area contributed by atoms with Crippen molar-refractivity contribution < 1.29 is 23.5 Å². The van der Waals surface area contributed by atoms with Crippen LogP contribution in [-0.4, -0.2) is 60.8 Å². The molecule has 8 nitrogen and oxygen atoms in total. The van der Waals surface area contributed by atoms with Gasteiger partial charge in [-0.2, -0.15) is 0 Å². The van der Waals surface area contributed by atoms with Crippen LogP contribution in [0.5, 0.6) is 5.75 Å². The van der Waals surface area contributed by atoms with Crippen LogP contribution in [0.25, 0.3) is 0 Å². The minimum atomic E-state index is -0.258. The largest absolute Gasteiger partial charge is 0.497 e. The van der Waals surface area contributed by atoms with Gasteiger partial charge in [0.15, 0.2) is 0 Å². The lowest BCUT2D eigenvalue weighted by Crippen LogP contribution is -2.46. The van der Waals surface area contributed by atoms with Gasteiger partial charge in [-0.05, 0) is 38.0 Å². The number of nitrogens with zero attached hydrogens (tertiary/aromatic N) is 2. The second-order valence-corrected chi connectivity index (χ2v) is 7.21. The number of likely N-dealkylation sites (N-methyl/N-ethyl adjacent to an activating group) is 1. The van der Waals surface area contributed by atoms with Crippen molar-refractivity contribution in [2.24, 2.45) is 5.92 Å². The van der Waals surface area contributed by atoms with Crippen molar-refractivity contribution in [1.82, 2.24) is 9.80 Å². The van der Waals surface area contributed by atoms with E-state index in [9.17, 15) is 14.4 Å². The molecule has 2 aromatic rings. The summed E-state index contributed by atoms with van der Waals surface area (Å²) < 4.78 is 10.1.